The summed E-state index contributed by atoms with van der Waals surface area (Å²) in [6.07, 6.45) is 5.52. The number of nitrogens with zero attached hydrogens (tertiary/aromatic N) is 1. The summed E-state index contributed by atoms with van der Waals surface area (Å²) in [4.78, 5) is 21.1. The Labute approximate surface area is 257 Å². The molecule has 0 radical (unpaired) electrons. The minimum Gasteiger partial charge on any atom is -0.506 e. The van der Waals surface area contributed by atoms with Gasteiger partial charge in [-0.15, -0.1) is 11.3 Å². The van der Waals surface area contributed by atoms with Gasteiger partial charge in [-0.1, -0.05) is 54.2 Å². The molecule has 3 heterocycles. The molecule has 43 heavy (non-hydrogen) atoms. The molecule has 0 amide bonds. The number of aliphatic hydroxyl groups is 2. The Bertz CT molecular complexity index is 1710. The fraction of sp³-hybridized carbons (Fsp3) is 0.375. The fourth-order valence-electron chi connectivity index (χ4n) is 5.59. The number of phenols is 1. The summed E-state index contributed by atoms with van der Waals surface area (Å²) in [5, 5.41) is 39.1. The Morgan fingerprint density at radius 1 is 1.02 bits per heavy atom. The van der Waals surface area contributed by atoms with E-state index in [1.54, 1.807) is 23.6 Å². The molecule has 1 fully saturated rings. The Hall–Kier alpha value is -3.32. The maximum absolute atomic E-state index is 11.7. The first-order valence-corrected chi connectivity index (χ1v) is 16.3. The van der Waals surface area contributed by atoms with Crippen LogP contribution in [0.25, 0.3) is 10.2 Å². The van der Waals surface area contributed by atoms with Crippen molar-refractivity contribution in [3.8, 4) is 5.75 Å². The number of thiophene rings is 1. The first-order chi connectivity index (χ1) is 20.9. The first kappa shape index (κ1) is 29.7. The summed E-state index contributed by atoms with van der Waals surface area (Å²) >= 11 is 2.75. The average molecular weight is 621 g/mol. The van der Waals surface area contributed by atoms with E-state index < -0.39 is 11.7 Å². The van der Waals surface area contributed by atoms with Crippen molar-refractivity contribution < 1.29 is 19.7 Å². The molecule has 2 unspecified atom stereocenters. The van der Waals surface area contributed by atoms with E-state index in [1.165, 1.54) is 15.8 Å². The zero-order valence-corrected chi connectivity index (χ0v) is 25.3. The molecule has 2 aromatic carbocycles. The third-order valence-electron chi connectivity index (χ3n) is 8.19. The van der Waals surface area contributed by atoms with Crippen LogP contribution in [0.3, 0.4) is 0 Å². The van der Waals surface area contributed by atoms with Gasteiger partial charge in [0.2, 0.25) is 5.89 Å². The zero-order chi connectivity index (χ0) is 29.8. The summed E-state index contributed by atoms with van der Waals surface area (Å²) in [5.74, 6) is 1.27. The number of benzene rings is 2. The van der Waals surface area contributed by atoms with Gasteiger partial charge in [0.25, 0.3) is 0 Å². The molecular weight excluding hydrogens is 585 g/mol. The van der Waals surface area contributed by atoms with Crippen LogP contribution in [0.5, 0.6) is 5.75 Å². The van der Waals surface area contributed by atoms with Gasteiger partial charge in [0.15, 0.2) is 5.60 Å². The largest absolute Gasteiger partial charge is 0.506 e. The predicted molar refractivity (Wildman–Crippen MR) is 169 cm³/mol. The molecule has 3 aromatic heterocycles. The second-order valence-corrected chi connectivity index (χ2v) is 13.3. The van der Waals surface area contributed by atoms with Crippen LogP contribution in [0.1, 0.15) is 57.9 Å². The highest BCUT2D eigenvalue weighted by Crippen LogP contribution is 2.46. The van der Waals surface area contributed by atoms with Crippen molar-refractivity contribution in [2.75, 3.05) is 19.6 Å². The smallest absolute Gasteiger partial charge is 0.305 e. The minimum atomic E-state index is -1.19. The molecule has 5 aromatic rings. The van der Waals surface area contributed by atoms with E-state index in [0.29, 0.717) is 41.2 Å². The Morgan fingerprint density at radius 3 is 2.60 bits per heavy atom. The zero-order valence-electron chi connectivity index (χ0n) is 23.7. The van der Waals surface area contributed by atoms with Crippen LogP contribution < -0.4 is 15.5 Å². The molecule has 2 atom stereocenters. The van der Waals surface area contributed by atoms with E-state index in [0.717, 1.165) is 61.4 Å². The topological polar surface area (TPSA) is 144 Å². The first-order valence-electron chi connectivity index (χ1n) is 14.7. The number of H-pyrrole nitrogens is 1. The maximum Gasteiger partial charge on any atom is 0.305 e. The van der Waals surface area contributed by atoms with Gasteiger partial charge < -0.3 is 35.4 Å². The van der Waals surface area contributed by atoms with E-state index >= 15 is 0 Å². The second kappa shape index (κ2) is 13.1. The van der Waals surface area contributed by atoms with Crippen molar-refractivity contribution in [3.63, 3.8) is 0 Å². The lowest BCUT2D eigenvalue weighted by molar-refractivity contribution is -0.0413. The Balaban J connectivity index is 0.939. The predicted octanol–water partition coefficient (Wildman–Crippen LogP) is 4.58. The number of aliphatic hydroxyl groups excluding tert-OH is 1. The van der Waals surface area contributed by atoms with Crippen molar-refractivity contribution >= 4 is 32.9 Å². The number of aromatic hydroxyl groups is 1. The molecule has 1 aliphatic carbocycles. The Kier molecular flexibility index (Phi) is 9.08. The third-order valence-corrected chi connectivity index (χ3v) is 10.3. The number of oxazole rings is 1. The quantitative estimate of drug-likeness (QED) is 0.0991. The second-order valence-electron chi connectivity index (χ2n) is 11.0. The molecule has 9 nitrogen and oxygen atoms in total. The standard InChI is InChI=1S/C32H36N4O5S2/c37-26-12-11-25(29-28(26)36-31(39)43-29)27(38)19-34-16-14-23-9-10-24(42-23)18-33-15-13-22-17-35-30(41-22)32(40,21-7-4-8-21)20-5-2-1-3-6-20/h1-3,5-6,9-12,17,21,27,33-34,37-38,40H,4,7-8,13-16,18-19H2,(H,36,39). The van der Waals surface area contributed by atoms with Gasteiger partial charge >= 0.3 is 4.87 Å². The number of aromatic nitrogens is 2. The highest BCUT2D eigenvalue weighted by molar-refractivity contribution is 7.16. The molecule has 0 bridgehead atoms. The molecule has 6 rings (SSSR count). The molecule has 1 saturated carbocycles. The molecule has 226 valence electrons. The van der Waals surface area contributed by atoms with Gasteiger partial charge in [0, 0.05) is 53.8 Å². The SMILES string of the molecule is O=c1[nH]c2c(O)ccc(C(O)CNCCc3ccc(CNCCc4cnc(C(O)(c5ccccc5)C5CCC5)o4)s3)c2s1. The van der Waals surface area contributed by atoms with Gasteiger partial charge in [0.1, 0.15) is 17.0 Å². The summed E-state index contributed by atoms with van der Waals surface area (Å²) in [6, 6.07) is 17.1. The third kappa shape index (κ3) is 6.47. The summed E-state index contributed by atoms with van der Waals surface area (Å²) in [5.41, 5.74) is 0.644. The maximum atomic E-state index is 11.7. The van der Waals surface area contributed by atoms with Gasteiger partial charge in [-0.3, -0.25) is 4.79 Å². The van der Waals surface area contributed by atoms with Crippen LogP contribution in [0.15, 0.2) is 70.0 Å². The lowest BCUT2D eigenvalue weighted by Gasteiger charge is -2.39. The summed E-state index contributed by atoms with van der Waals surface area (Å²) in [6.45, 7) is 2.54. The number of thiazole rings is 1. The van der Waals surface area contributed by atoms with Crippen molar-refractivity contribution in [3.05, 3.63) is 103 Å². The molecule has 0 aliphatic heterocycles. The van der Waals surface area contributed by atoms with Crippen molar-refractivity contribution in [2.45, 2.75) is 50.4 Å². The average Bonchev–Trinajstić information content (AvgIpc) is 3.73. The van der Waals surface area contributed by atoms with Gasteiger partial charge in [-0.25, -0.2) is 4.98 Å². The molecule has 6 N–H and O–H groups in total. The lowest BCUT2D eigenvalue weighted by Crippen LogP contribution is -2.40. The molecule has 1 aliphatic rings. The number of aromatic amines is 1. The number of hydrogen-bond acceptors (Lipinski definition) is 10. The van der Waals surface area contributed by atoms with Crippen LogP contribution >= 0.6 is 22.7 Å². The van der Waals surface area contributed by atoms with E-state index in [2.05, 4.69) is 32.7 Å². The monoisotopic (exact) mass is 620 g/mol. The lowest BCUT2D eigenvalue weighted by atomic mass is 9.69. The van der Waals surface area contributed by atoms with Crippen LogP contribution in [0.2, 0.25) is 0 Å². The van der Waals surface area contributed by atoms with E-state index in [1.807, 2.05) is 30.3 Å². The molecule has 0 saturated heterocycles. The highest BCUT2D eigenvalue weighted by atomic mass is 32.1. The van der Waals surface area contributed by atoms with Crippen molar-refractivity contribution in [2.24, 2.45) is 5.92 Å². The van der Waals surface area contributed by atoms with E-state index in [4.69, 9.17) is 4.42 Å². The normalized spacial score (nSPS) is 15.9. The van der Waals surface area contributed by atoms with Gasteiger partial charge in [-0.05, 0) is 43.0 Å². The number of hydrogen-bond donors (Lipinski definition) is 6. The summed E-state index contributed by atoms with van der Waals surface area (Å²) in [7, 11) is 0. The van der Waals surface area contributed by atoms with Crippen LogP contribution in [0.4, 0.5) is 0 Å². The number of rotatable bonds is 14. The molecule has 0 spiro atoms. The van der Waals surface area contributed by atoms with Gasteiger partial charge in [0.05, 0.1) is 17.0 Å². The Morgan fingerprint density at radius 2 is 1.81 bits per heavy atom. The number of nitrogens with one attached hydrogen (secondary N) is 3. The van der Waals surface area contributed by atoms with Crippen LogP contribution in [0, 0.1) is 5.92 Å². The van der Waals surface area contributed by atoms with Crippen LogP contribution in [-0.2, 0) is 25.0 Å². The van der Waals surface area contributed by atoms with Crippen molar-refractivity contribution in [1.82, 2.24) is 20.6 Å². The van der Waals surface area contributed by atoms with Crippen LogP contribution in [-0.4, -0.2) is 44.9 Å². The van der Waals surface area contributed by atoms with E-state index in [-0.39, 0.29) is 16.5 Å². The van der Waals surface area contributed by atoms with Gasteiger partial charge in [-0.2, -0.15) is 0 Å². The number of fused-ring (bicyclic) bond motifs is 1. The highest BCUT2D eigenvalue weighted by Gasteiger charge is 2.46. The number of phenolic OH excluding ortho intramolecular Hbond substituents is 1. The summed E-state index contributed by atoms with van der Waals surface area (Å²) < 4.78 is 6.68. The molecular formula is C32H36N4O5S2. The molecule has 11 heteroatoms. The fourth-order valence-corrected chi connectivity index (χ4v) is 7.49. The van der Waals surface area contributed by atoms with Crippen molar-refractivity contribution in [1.29, 1.82) is 0 Å². The minimum absolute atomic E-state index is 0.00293. The van der Waals surface area contributed by atoms with E-state index in [9.17, 15) is 20.1 Å².